The molecular weight excluding hydrogens is 753 g/mol. The van der Waals surface area contributed by atoms with Gasteiger partial charge >= 0.3 is 0 Å². The number of aromatic nitrogens is 1. The van der Waals surface area contributed by atoms with Crippen molar-refractivity contribution in [2.45, 2.75) is 0 Å². The van der Waals surface area contributed by atoms with Gasteiger partial charge in [0.05, 0.1) is 0 Å². The number of fused-ring (bicyclic) bond motifs is 7. The van der Waals surface area contributed by atoms with Crippen LogP contribution < -0.4 is 4.90 Å². The first-order valence-electron chi connectivity index (χ1n) is 20.1. The van der Waals surface area contributed by atoms with Crippen LogP contribution in [0, 0.1) is 0 Å². The third-order valence-electron chi connectivity index (χ3n) is 11.5. The predicted octanol–water partition coefficient (Wildman–Crippen LogP) is 16.2. The highest BCUT2D eigenvalue weighted by Gasteiger charge is 2.17. The van der Waals surface area contributed by atoms with E-state index in [9.17, 15) is 0 Å². The van der Waals surface area contributed by atoms with E-state index in [2.05, 4.69) is 175 Å². The second-order valence-corrected chi connectivity index (χ2v) is 16.2. The van der Waals surface area contributed by atoms with Crippen molar-refractivity contribution in [1.82, 2.24) is 4.98 Å². The van der Waals surface area contributed by atoms with Crippen LogP contribution in [0.1, 0.15) is 0 Å². The molecule has 0 aliphatic heterocycles. The van der Waals surface area contributed by atoms with E-state index in [1.165, 1.54) is 42.4 Å². The van der Waals surface area contributed by atoms with Gasteiger partial charge in [-0.05, 0) is 112 Å². The average molecular weight is 787 g/mol. The Hall–Kier alpha value is -7.73. The van der Waals surface area contributed by atoms with Gasteiger partial charge in [-0.25, -0.2) is 4.98 Å². The molecule has 0 unspecified atom stereocenters. The number of nitrogens with zero attached hydrogens (tertiary/aromatic N) is 2. The van der Waals surface area contributed by atoms with E-state index >= 15 is 0 Å². The lowest BCUT2D eigenvalue weighted by Crippen LogP contribution is -2.09. The smallest absolute Gasteiger partial charge is 0.227 e. The molecule has 60 heavy (non-hydrogen) atoms. The molecule has 9 aromatic carbocycles. The molecule has 3 aromatic heterocycles. The maximum Gasteiger partial charge on any atom is 0.227 e. The molecule has 0 fully saturated rings. The number of anilines is 3. The predicted molar refractivity (Wildman–Crippen MR) is 251 cm³/mol. The topological polar surface area (TPSA) is 42.4 Å². The van der Waals surface area contributed by atoms with Gasteiger partial charge < -0.3 is 13.7 Å². The van der Waals surface area contributed by atoms with Crippen LogP contribution in [0.25, 0.3) is 98.0 Å². The van der Waals surface area contributed by atoms with Crippen LogP contribution in [-0.2, 0) is 0 Å². The summed E-state index contributed by atoms with van der Waals surface area (Å²) in [4.78, 5) is 7.13. The lowest BCUT2D eigenvalue weighted by Gasteiger charge is -2.26. The standard InChI is InChI=1S/C55H34N2O2S/c1-3-10-35(11-4-1)36-18-25-41(26-19-36)57(43-29-22-38(23-30-43)44-15-9-17-53-54(44)46-14-7-8-16-52(46)60-53)42-27-20-37(21-28-42)40-24-31-45-47-33-48-51(34-50(47)58-49(45)32-40)59-55(56-48)39-12-5-2-6-13-39/h1-34H. The minimum Gasteiger partial charge on any atom is -0.456 e. The van der Waals surface area contributed by atoms with Crippen LogP contribution in [-0.4, -0.2) is 4.98 Å². The van der Waals surface area contributed by atoms with E-state index in [-0.39, 0.29) is 0 Å². The molecule has 0 aliphatic carbocycles. The number of thiophene rings is 1. The van der Waals surface area contributed by atoms with Crippen LogP contribution in [0.3, 0.4) is 0 Å². The summed E-state index contributed by atoms with van der Waals surface area (Å²) in [5.41, 5.74) is 14.3. The van der Waals surface area contributed by atoms with Crippen LogP contribution in [0.2, 0.25) is 0 Å². The summed E-state index contributed by atoms with van der Waals surface area (Å²) >= 11 is 1.85. The summed E-state index contributed by atoms with van der Waals surface area (Å²) < 4.78 is 15.2. The van der Waals surface area contributed by atoms with Crippen LogP contribution in [0.15, 0.2) is 215 Å². The van der Waals surface area contributed by atoms with E-state index in [4.69, 9.17) is 13.8 Å². The second kappa shape index (κ2) is 14.0. The number of rotatable bonds is 7. The highest BCUT2D eigenvalue weighted by atomic mass is 32.1. The molecule has 0 saturated carbocycles. The van der Waals surface area contributed by atoms with Gasteiger partial charge in [-0.15, -0.1) is 11.3 Å². The molecule has 0 radical (unpaired) electrons. The van der Waals surface area contributed by atoms with Crippen molar-refractivity contribution in [3.05, 3.63) is 206 Å². The van der Waals surface area contributed by atoms with Gasteiger partial charge in [-0.1, -0.05) is 121 Å². The van der Waals surface area contributed by atoms with Crippen molar-refractivity contribution >= 4 is 81.6 Å². The zero-order valence-corrected chi connectivity index (χ0v) is 33.1. The Kier molecular flexibility index (Phi) is 8.00. The summed E-state index contributed by atoms with van der Waals surface area (Å²) in [5, 5.41) is 4.70. The van der Waals surface area contributed by atoms with Crippen molar-refractivity contribution in [3.8, 4) is 44.8 Å². The molecule has 0 aliphatic rings. The fraction of sp³-hybridized carbons (Fsp3) is 0. The summed E-state index contributed by atoms with van der Waals surface area (Å²) in [6.45, 7) is 0. The highest BCUT2D eigenvalue weighted by Crippen LogP contribution is 2.43. The number of hydrogen-bond acceptors (Lipinski definition) is 5. The molecule has 4 nitrogen and oxygen atoms in total. The van der Waals surface area contributed by atoms with Gasteiger partial charge in [0.25, 0.3) is 0 Å². The van der Waals surface area contributed by atoms with E-state index in [1.807, 2.05) is 47.7 Å². The SMILES string of the molecule is c1ccc(-c2ccc(N(c3ccc(-c4ccc5c(c4)oc4cc6oc(-c7ccccc7)nc6cc45)cc3)c3ccc(-c4cccc5sc6ccccc6c45)cc3)cc2)cc1. The number of furan rings is 1. The minimum atomic E-state index is 0.605. The number of benzene rings is 9. The Morgan fingerprint density at radius 1 is 0.367 bits per heavy atom. The lowest BCUT2D eigenvalue weighted by molar-refractivity contribution is 0.617. The third-order valence-corrected chi connectivity index (χ3v) is 12.7. The number of hydrogen-bond donors (Lipinski definition) is 0. The Morgan fingerprint density at radius 3 is 1.65 bits per heavy atom. The maximum absolute atomic E-state index is 6.44. The minimum absolute atomic E-state index is 0.605. The lowest BCUT2D eigenvalue weighted by atomic mass is 9.99. The highest BCUT2D eigenvalue weighted by molar-refractivity contribution is 7.25. The van der Waals surface area contributed by atoms with Crippen LogP contribution >= 0.6 is 11.3 Å². The zero-order valence-electron chi connectivity index (χ0n) is 32.2. The summed E-state index contributed by atoms with van der Waals surface area (Å²) in [7, 11) is 0. The van der Waals surface area contributed by atoms with Crippen molar-refractivity contribution in [2.24, 2.45) is 0 Å². The number of oxazole rings is 1. The molecule has 282 valence electrons. The van der Waals surface area contributed by atoms with Gasteiger partial charge in [0.15, 0.2) is 5.58 Å². The monoisotopic (exact) mass is 786 g/mol. The van der Waals surface area contributed by atoms with E-state index in [0.29, 0.717) is 11.5 Å². The van der Waals surface area contributed by atoms with Gasteiger partial charge in [0, 0.05) is 59.6 Å². The average Bonchev–Trinajstić information content (AvgIpc) is 4.02. The molecule has 0 amide bonds. The quantitative estimate of drug-likeness (QED) is 0.161. The van der Waals surface area contributed by atoms with Gasteiger partial charge in [-0.2, -0.15) is 0 Å². The first-order valence-corrected chi connectivity index (χ1v) is 20.9. The first kappa shape index (κ1) is 34.3. The molecule has 0 N–H and O–H groups in total. The first-order chi connectivity index (χ1) is 29.7. The molecule has 5 heteroatoms. The van der Waals surface area contributed by atoms with Crippen molar-refractivity contribution < 1.29 is 8.83 Å². The Bertz CT molecular complexity index is 3510. The van der Waals surface area contributed by atoms with Gasteiger partial charge in [-0.3, -0.25) is 0 Å². The van der Waals surface area contributed by atoms with Crippen molar-refractivity contribution in [1.29, 1.82) is 0 Å². The Balaban J connectivity index is 0.897. The molecule has 0 spiro atoms. The van der Waals surface area contributed by atoms with Crippen LogP contribution in [0.4, 0.5) is 17.1 Å². The van der Waals surface area contributed by atoms with Gasteiger partial charge in [0.2, 0.25) is 5.89 Å². The fourth-order valence-corrected chi connectivity index (χ4v) is 9.70. The summed E-state index contributed by atoms with van der Waals surface area (Å²) in [6, 6.07) is 73.0. The zero-order chi connectivity index (χ0) is 39.6. The normalized spacial score (nSPS) is 11.7. The van der Waals surface area contributed by atoms with E-state index in [1.54, 1.807) is 0 Å². The second-order valence-electron chi connectivity index (χ2n) is 15.1. The maximum atomic E-state index is 6.44. The molecular formula is C55H34N2O2S. The van der Waals surface area contributed by atoms with Crippen molar-refractivity contribution in [3.63, 3.8) is 0 Å². The molecule has 12 rings (SSSR count). The molecule has 0 atom stereocenters. The molecule has 12 aromatic rings. The fourth-order valence-electron chi connectivity index (χ4n) is 8.57. The Morgan fingerprint density at radius 2 is 0.933 bits per heavy atom. The largest absolute Gasteiger partial charge is 0.456 e. The molecule has 0 saturated heterocycles. The van der Waals surface area contributed by atoms with Gasteiger partial charge in [0.1, 0.15) is 16.7 Å². The summed E-state index contributed by atoms with van der Waals surface area (Å²) in [5.74, 6) is 0.605. The van der Waals surface area contributed by atoms with Crippen LogP contribution in [0.5, 0.6) is 0 Å². The Labute approximate surface area is 349 Å². The molecule has 0 bridgehead atoms. The summed E-state index contributed by atoms with van der Waals surface area (Å²) in [6.07, 6.45) is 0. The van der Waals surface area contributed by atoms with E-state index in [0.717, 1.165) is 61.2 Å². The molecule has 3 heterocycles. The third kappa shape index (κ3) is 5.86. The van der Waals surface area contributed by atoms with E-state index < -0.39 is 0 Å². The van der Waals surface area contributed by atoms with Crippen molar-refractivity contribution in [2.75, 3.05) is 4.90 Å².